The minimum absolute atomic E-state index is 0.0864. The number of hydrogen-bond donors (Lipinski definition) is 0. The van der Waals surface area contributed by atoms with Crippen molar-refractivity contribution in [3.8, 4) is 11.5 Å². The second-order valence-corrected chi connectivity index (χ2v) is 7.91. The molecule has 0 saturated carbocycles. The van der Waals surface area contributed by atoms with Crippen molar-refractivity contribution in [2.45, 2.75) is 38.1 Å². The minimum Gasteiger partial charge on any atom is -0.457 e. The first-order valence-electron chi connectivity index (χ1n) is 10.4. The van der Waals surface area contributed by atoms with Gasteiger partial charge in [0.2, 0.25) is 0 Å². The number of rotatable bonds is 4. The number of aromatic nitrogens is 2. The van der Waals surface area contributed by atoms with Crippen LogP contribution in [-0.4, -0.2) is 33.4 Å². The number of fused-ring (bicyclic) bond motifs is 1. The average Bonchev–Trinajstić information content (AvgIpc) is 3.44. The topological polar surface area (TPSA) is 47.4 Å². The second-order valence-electron chi connectivity index (χ2n) is 7.91. The number of hydrogen-bond acceptors (Lipinski definition) is 3. The third kappa shape index (κ3) is 3.77. The predicted molar refractivity (Wildman–Crippen MR) is 111 cm³/mol. The van der Waals surface area contributed by atoms with Crippen molar-refractivity contribution in [1.82, 2.24) is 14.5 Å². The van der Waals surface area contributed by atoms with Gasteiger partial charge < -0.3 is 14.2 Å². The van der Waals surface area contributed by atoms with Crippen molar-refractivity contribution < 1.29 is 9.53 Å². The van der Waals surface area contributed by atoms with E-state index in [1.165, 1.54) is 5.56 Å². The van der Waals surface area contributed by atoms with Crippen LogP contribution in [-0.2, 0) is 13.0 Å². The van der Waals surface area contributed by atoms with E-state index in [1.54, 1.807) is 0 Å². The molecule has 1 saturated heterocycles. The van der Waals surface area contributed by atoms with Crippen LogP contribution in [0.15, 0.2) is 60.8 Å². The van der Waals surface area contributed by atoms with Gasteiger partial charge in [-0.3, -0.25) is 4.79 Å². The number of aryl methyl sites for hydroxylation is 1. The predicted octanol–water partition coefficient (Wildman–Crippen LogP) is 4.64. The third-order valence-electron chi connectivity index (χ3n) is 5.94. The summed E-state index contributed by atoms with van der Waals surface area (Å²) in [6.45, 7) is 2.59. The van der Waals surface area contributed by atoms with Gasteiger partial charge >= 0.3 is 0 Å². The molecular weight excluding hydrogens is 362 g/mol. The number of ether oxygens (including phenoxy) is 1. The quantitative estimate of drug-likeness (QED) is 0.655. The van der Waals surface area contributed by atoms with Crippen molar-refractivity contribution in [1.29, 1.82) is 0 Å². The fraction of sp³-hybridized carbons (Fsp3) is 0.333. The molecule has 2 aliphatic heterocycles. The van der Waals surface area contributed by atoms with E-state index in [0.717, 1.165) is 62.6 Å². The molecule has 5 heteroatoms. The van der Waals surface area contributed by atoms with Gasteiger partial charge in [0.1, 0.15) is 23.0 Å². The van der Waals surface area contributed by atoms with Crippen LogP contribution in [0.3, 0.4) is 0 Å². The number of carbonyl (C=O) groups is 1. The summed E-state index contributed by atoms with van der Waals surface area (Å²) < 4.78 is 8.07. The largest absolute Gasteiger partial charge is 0.457 e. The average molecular weight is 387 g/mol. The molecule has 3 aromatic rings. The fourth-order valence-electron chi connectivity index (χ4n) is 4.33. The van der Waals surface area contributed by atoms with Gasteiger partial charge in [-0.15, -0.1) is 0 Å². The Balaban J connectivity index is 1.27. The Morgan fingerprint density at radius 2 is 1.69 bits per heavy atom. The molecule has 2 aromatic carbocycles. The van der Waals surface area contributed by atoms with Gasteiger partial charge in [-0.2, -0.15) is 0 Å². The molecule has 0 N–H and O–H groups in total. The highest BCUT2D eigenvalue weighted by Gasteiger charge is 2.26. The van der Waals surface area contributed by atoms with E-state index in [1.807, 2.05) is 53.6 Å². The molecule has 5 nitrogen and oxygen atoms in total. The van der Waals surface area contributed by atoms with Crippen LogP contribution < -0.4 is 4.74 Å². The highest BCUT2D eigenvalue weighted by Crippen LogP contribution is 2.31. The Bertz CT molecular complexity index is 989. The zero-order valence-electron chi connectivity index (χ0n) is 16.5. The molecule has 29 heavy (non-hydrogen) atoms. The molecule has 1 unspecified atom stereocenters. The normalized spacial score (nSPS) is 18.5. The van der Waals surface area contributed by atoms with Gasteiger partial charge in [0.05, 0.1) is 0 Å². The van der Waals surface area contributed by atoms with E-state index in [-0.39, 0.29) is 5.91 Å². The van der Waals surface area contributed by atoms with Crippen molar-refractivity contribution in [2.24, 2.45) is 0 Å². The Morgan fingerprint density at radius 1 is 0.966 bits per heavy atom. The van der Waals surface area contributed by atoms with Crippen molar-refractivity contribution in [3.05, 3.63) is 77.9 Å². The number of para-hydroxylation sites is 1. The van der Waals surface area contributed by atoms with E-state index >= 15 is 0 Å². The molecule has 3 heterocycles. The molecule has 5 rings (SSSR count). The van der Waals surface area contributed by atoms with Crippen LogP contribution >= 0.6 is 0 Å². The molecule has 2 aliphatic rings. The molecule has 1 aromatic heterocycles. The summed E-state index contributed by atoms with van der Waals surface area (Å²) in [6.07, 6.45) is 6.11. The molecule has 0 bridgehead atoms. The monoisotopic (exact) mass is 387 g/mol. The maximum atomic E-state index is 12.6. The lowest BCUT2D eigenvalue weighted by Crippen LogP contribution is -2.27. The van der Waals surface area contributed by atoms with Crippen LogP contribution in [0.5, 0.6) is 11.5 Å². The van der Waals surface area contributed by atoms with Gasteiger partial charge in [0.15, 0.2) is 0 Å². The minimum atomic E-state index is 0.0864. The molecule has 1 fully saturated rings. The summed E-state index contributed by atoms with van der Waals surface area (Å²) in [4.78, 5) is 19.2. The SMILES string of the molecule is O=C(c1cn2c(n1)CCC(c1ccc(Oc3ccccc3)cc1)C2)N1CCCC1. The van der Waals surface area contributed by atoms with Gasteiger partial charge in [-0.05, 0) is 49.1 Å². The Labute approximate surface area is 170 Å². The van der Waals surface area contributed by atoms with E-state index in [2.05, 4.69) is 21.7 Å². The number of benzene rings is 2. The second kappa shape index (κ2) is 7.74. The van der Waals surface area contributed by atoms with Crippen LogP contribution in [0, 0.1) is 0 Å². The summed E-state index contributed by atoms with van der Waals surface area (Å²) in [6, 6.07) is 18.2. The lowest BCUT2D eigenvalue weighted by Gasteiger charge is -2.24. The standard InChI is InChI=1S/C24H25N3O2/c28-24(26-14-4-5-15-26)22-17-27-16-19(10-13-23(27)25-22)18-8-11-21(12-9-18)29-20-6-2-1-3-7-20/h1-3,6-9,11-12,17,19H,4-5,10,13-16H2. The highest BCUT2D eigenvalue weighted by molar-refractivity contribution is 5.92. The molecule has 1 amide bonds. The number of carbonyl (C=O) groups excluding carboxylic acids is 1. The van der Waals surface area contributed by atoms with Crippen LogP contribution in [0.2, 0.25) is 0 Å². The summed E-state index contributed by atoms with van der Waals surface area (Å²) in [5.41, 5.74) is 1.91. The Kier molecular flexibility index (Phi) is 4.80. The molecule has 1 atom stereocenters. The zero-order valence-corrected chi connectivity index (χ0v) is 16.5. The summed E-state index contributed by atoms with van der Waals surface area (Å²) in [5.74, 6) is 3.24. The molecule has 0 spiro atoms. The van der Waals surface area contributed by atoms with Gasteiger partial charge in [-0.25, -0.2) is 4.98 Å². The number of nitrogens with zero attached hydrogens (tertiary/aromatic N) is 3. The first-order valence-corrected chi connectivity index (χ1v) is 10.4. The maximum Gasteiger partial charge on any atom is 0.274 e. The van der Waals surface area contributed by atoms with Gasteiger partial charge in [0.25, 0.3) is 5.91 Å². The lowest BCUT2D eigenvalue weighted by molar-refractivity contribution is 0.0787. The van der Waals surface area contributed by atoms with Crippen LogP contribution in [0.1, 0.15) is 47.1 Å². The van der Waals surface area contributed by atoms with E-state index < -0.39 is 0 Å². The third-order valence-corrected chi connectivity index (χ3v) is 5.94. The Hall–Kier alpha value is -3.08. The molecular formula is C24H25N3O2. The van der Waals surface area contributed by atoms with Crippen molar-refractivity contribution in [3.63, 3.8) is 0 Å². The highest BCUT2D eigenvalue weighted by atomic mass is 16.5. The van der Waals surface area contributed by atoms with Crippen LogP contribution in [0.25, 0.3) is 0 Å². The smallest absolute Gasteiger partial charge is 0.274 e. The van der Waals surface area contributed by atoms with Crippen molar-refractivity contribution >= 4 is 5.91 Å². The number of amides is 1. The first kappa shape index (κ1) is 18.0. The van der Waals surface area contributed by atoms with Gasteiger partial charge in [0, 0.05) is 38.2 Å². The lowest BCUT2D eigenvalue weighted by atomic mass is 9.91. The number of imidazole rings is 1. The van der Waals surface area contributed by atoms with E-state index in [9.17, 15) is 4.79 Å². The number of likely N-dealkylation sites (tertiary alicyclic amines) is 1. The Morgan fingerprint density at radius 3 is 2.45 bits per heavy atom. The summed E-state index contributed by atoms with van der Waals surface area (Å²) in [5, 5.41) is 0. The van der Waals surface area contributed by atoms with E-state index in [4.69, 9.17) is 4.74 Å². The van der Waals surface area contributed by atoms with Crippen LogP contribution in [0.4, 0.5) is 0 Å². The first-order chi connectivity index (χ1) is 14.3. The summed E-state index contributed by atoms with van der Waals surface area (Å²) in [7, 11) is 0. The zero-order chi connectivity index (χ0) is 19.6. The van der Waals surface area contributed by atoms with E-state index in [0.29, 0.717) is 11.6 Å². The van der Waals surface area contributed by atoms with Gasteiger partial charge in [-0.1, -0.05) is 30.3 Å². The molecule has 148 valence electrons. The fourth-order valence-corrected chi connectivity index (χ4v) is 4.33. The summed E-state index contributed by atoms with van der Waals surface area (Å²) >= 11 is 0. The maximum absolute atomic E-state index is 12.6. The van der Waals surface area contributed by atoms with Crippen molar-refractivity contribution in [2.75, 3.05) is 13.1 Å². The molecule has 0 aliphatic carbocycles. The molecule has 0 radical (unpaired) electrons.